The zero-order chi connectivity index (χ0) is 12.9. The topological polar surface area (TPSA) is 47.6 Å². The van der Waals surface area contributed by atoms with Gasteiger partial charge in [0.15, 0.2) is 0 Å². The Kier molecular flexibility index (Phi) is 4.83. The molecule has 1 heterocycles. The average Bonchev–Trinajstić information content (AvgIpc) is 2.66. The van der Waals surface area contributed by atoms with E-state index >= 15 is 0 Å². The number of carbonyl (C=O) groups is 1. The summed E-state index contributed by atoms with van der Waals surface area (Å²) >= 11 is 0. The summed E-state index contributed by atoms with van der Waals surface area (Å²) in [4.78, 5) is 11.5. The van der Waals surface area contributed by atoms with Crippen LogP contribution in [0.2, 0.25) is 0 Å². The molecule has 0 spiro atoms. The first kappa shape index (κ1) is 13.9. The predicted molar refractivity (Wildman–Crippen MR) is 65.6 cm³/mol. The number of alkyl carbamates (subject to hydrolysis) is 1. The van der Waals surface area contributed by atoms with Crippen molar-refractivity contribution in [1.29, 1.82) is 0 Å². The van der Waals surface area contributed by atoms with E-state index in [1.165, 1.54) is 0 Å². The second-order valence-electron chi connectivity index (χ2n) is 5.24. The third kappa shape index (κ3) is 5.60. The standard InChI is InChI=1S/C13H21NO3/c1-5-10(9-11-7-6-8-16-11)14-12(15)17-13(2,3)4/h1,10-11H,6-9H2,2-4H3,(H,14,15). The van der Waals surface area contributed by atoms with Gasteiger partial charge in [-0.1, -0.05) is 5.92 Å². The molecule has 96 valence electrons. The Bertz CT molecular complexity index is 295. The Morgan fingerprint density at radius 3 is 2.82 bits per heavy atom. The van der Waals surface area contributed by atoms with Crippen LogP contribution >= 0.6 is 0 Å². The number of terminal acetylenes is 1. The molecule has 0 radical (unpaired) electrons. The van der Waals surface area contributed by atoms with Crippen molar-refractivity contribution in [1.82, 2.24) is 5.32 Å². The Balaban J connectivity index is 2.36. The van der Waals surface area contributed by atoms with Crippen LogP contribution in [0.1, 0.15) is 40.0 Å². The zero-order valence-corrected chi connectivity index (χ0v) is 10.8. The molecule has 0 bridgehead atoms. The highest BCUT2D eigenvalue weighted by atomic mass is 16.6. The summed E-state index contributed by atoms with van der Waals surface area (Å²) in [5.74, 6) is 2.55. The first-order valence-electron chi connectivity index (χ1n) is 5.98. The average molecular weight is 239 g/mol. The fourth-order valence-corrected chi connectivity index (χ4v) is 1.71. The molecule has 0 aliphatic carbocycles. The Labute approximate surface area is 103 Å². The number of amides is 1. The van der Waals surface area contributed by atoms with Crippen molar-refractivity contribution in [3.63, 3.8) is 0 Å². The molecular weight excluding hydrogens is 218 g/mol. The van der Waals surface area contributed by atoms with Crippen LogP contribution in [0.15, 0.2) is 0 Å². The summed E-state index contributed by atoms with van der Waals surface area (Å²) in [7, 11) is 0. The van der Waals surface area contributed by atoms with Crippen molar-refractivity contribution in [2.45, 2.75) is 57.8 Å². The lowest BCUT2D eigenvalue weighted by Crippen LogP contribution is -2.40. The minimum absolute atomic E-state index is 0.158. The fourth-order valence-electron chi connectivity index (χ4n) is 1.71. The van der Waals surface area contributed by atoms with E-state index in [-0.39, 0.29) is 12.1 Å². The van der Waals surface area contributed by atoms with Crippen LogP contribution in [-0.2, 0) is 9.47 Å². The fraction of sp³-hybridized carbons (Fsp3) is 0.769. The third-order valence-electron chi connectivity index (χ3n) is 2.41. The van der Waals surface area contributed by atoms with Gasteiger partial charge in [-0.15, -0.1) is 6.42 Å². The second kappa shape index (κ2) is 5.92. The van der Waals surface area contributed by atoms with Gasteiger partial charge in [-0.3, -0.25) is 0 Å². The van der Waals surface area contributed by atoms with E-state index in [0.29, 0.717) is 6.42 Å². The van der Waals surface area contributed by atoms with Crippen LogP contribution in [0.25, 0.3) is 0 Å². The molecule has 1 amide bonds. The first-order chi connectivity index (χ1) is 7.90. The highest BCUT2D eigenvalue weighted by Gasteiger charge is 2.23. The summed E-state index contributed by atoms with van der Waals surface area (Å²) in [6.07, 6.45) is 7.79. The molecule has 4 heteroatoms. The van der Waals surface area contributed by atoms with Gasteiger partial charge in [-0.2, -0.15) is 0 Å². The smallest absolute Gasteiger partial charge is 0.408 e. The van der Waals surface area contributed by atoms with E-state index in [4.69, 9.17) is 15.9 Å². The van der Waals surface area contributed by atoms with E-state index < -0.39 is 11.7 Å². The third-order valence-corrected chi connectivity index (χ3v) is 2.41. The normalized spacial score (nSPS) is 21.6. The van der Waals surface area contributed by atoms with Crippen LogP contribution < -0.4 is 5.32 Å². The highest BCUT2D eigenvalue weighted by molar-refractivity contribution is 5.68. The molecule has 1 N–H and O–H groups in total. The molecule has 1 aliphatic heterocycles. The van der Waals surface area contributed by atoms with Crippen molar-refractivity contribution < 1.29 is 14.3 Å². The lowest BCUT2D eigenvalue weighted by Gasteiger charge is -2.22. The monoisotopic (exact) mass is 239 g/mol. The van der Waals surface area contributed by atoms with Crippen LogP contribution in [0, 0.1) is 12.3 Å². The molecule has 0 aromatic carbocycles. The molecule has 1 rings (SSSR count). The summed E-state index contributed by atoms with van der Waals surface area (Å²) in [5.41, 5.74) is -0.507. The molecule has 1 fully saturated rings. The maximum Gasteiger partial charge on any atom is 0.408 e. The van der Waals surface area contributed by atoms with E-state index in [1.54, 1.807) is 0 Å². The predicted octanol–water partition coefficient (Wildman–Crippen LogP) is 2.08. The van der Waals surface area contributed by atoms with Gasteiger partial charge in [0.25, 0.3) is 0 Å². The van der Waals surface area contributed by atoms with Gasteiger partial charge >= 0.3 is 6.09 Å². The summed E-state index contributed by atoms with van der Waals surface area (Å²) in [6.45, 7) is 6.24. The number of hydrogen-bond acceptors (Lipinski definition) is 3. The van der Waals surface area contributed by atoms with Crippen LogP contribution in [-0.4, -0.2) is 30.4 Å². The molecule has 1 aliphatic rings. The Hall–Kier alpha value is -1.21. The van der Waals surface area contributed by atoms with Crippen LogP contribution in [0.3, 0.4) is 0 Å². The maximum absolute atomic E-state index is 11.5. The summed E-state index contributed by atoms with van der Waals surface area (Å²) < 4.78 is 10.6. The highest BCUT2D eigenvalue weighted by Crippen LogP contribution is 2.17. The lowest BCUT2D eigenvalue weighted by molar-refractivity contribution is 0.0490. The molecule has 1 saturated heterocycles. The number of carbonyl (C=O) groups excluding carboxylic acids is 1. The second-order valence-corrected chi connectivity index (χ2v) is 5.24. The number of ether oxygens (including phenoxy) is 2. The van der Waals surface area contributed by atoms with Crippen molar-refractivity contribution in [2.75, 3.05) is 6.61 Å². The Morgan fingerprint density at radius 1 is 1.65 bits per heavy atom. The molecule has 0 aromatic rings. The maximum atomic E-state index is 11.5. The van der Waals surface area contributed by atoms with Crippen molar-refractivity contribution in [2.24, 2.45) is 0 Å². The summed E-state index contributed by atoms with van der Waals surface area (Å²) in [5, 5.41) is 2.67. The van der Waals surface area contributed by atoms with Gasteiger partial charge in [0.05, 0.1) is 12.1 Å². The van der Waals surface area contributed by atoms with Gasteiger partial charge < -0.3 is 14.8 Å². The molecular formula is C13H21NO3. The van der Waals surface area contributed by atoms with Gasteiger partial charge in [-0.25, -0.2) is 4.79 Å². The minimum Gasteiger partial charge on any atom is -0.444 e. The van der Waals surface area contributed by atoms with Crippen molar-refractivity contribution >= 4 is 6.09 Å². The molecule has 4 nitrogen and oxygen atoms in total. The molecule has 0 saturated carbocycles. The van der Waals surface area contributed by atoms with Crippen LogP contribution in [0.4, 0.5) is 4.79 Å². The van der Waals surface area contributed by atoms with Crippen molar-refractivity contribution in [3.05, 3.63) is 0 Å². The number of hydrogen-bond donors (Lipinski definition) is 1. The molecule has 2 unspecified atom stereocenters. The quantitative estimate of drug-likeness (QED) is 0.767. The van der Waals surface area contributed by atoms with E-state index in [0.717, 1.165) is 19.4 Å². The van der Waals surface area contributed by atoms with Gasteiger partial charge in [-0.05, 0) is 33.6 Å². The van der Waals surface area contributed by atoms with Crippen LogP contribution in [0.5, 0.6) is 0 Å². The van der Waals surface area contributed by atoms with Gasteiger partial charge in [0.2, 0.25) is 0 Å². The Morgan fingerprint density at radius 2 is 2.35 bits per heavy atom. The minimum atomic E-state index is -0.507. The van der Waals surface area contributed by atoms with Crippen molar-refractivity contribution in [3.8, 4) is 12.3 Å². The molecule has 2 atom stereocenters. The number of nitrogens with one attached hydrogen (secondary N) is 1. The largest absolute Gasteiger partial charge is 0.444 e. The molecule has 17 heavy (non-hydrogen) atoms. The zero-order valence-electron chi connectivity index (χ0n) is 10.8. The summed E-state index contributed by atoms with van der Waals surface area (Å²) in [6, 6.07) is -0.326. The first-order valence-corrected chi connectivity index (χ1v) is 5.98. The SMILES string of the molecule is C#CC(CC1CCCO1)NC(=O)OC(C)(C)C. The van der Waals surface area contributed by atoms with Gasteiger partial charge in [0, 0.05) is 13.0 Å². The lowest BCUT2D eigenvalue weighted by atomic mass is 10.1. The van der Waals surface area contributed by atoms with E-state index in [9.17, 15) is 4.79 Å². The van der Waals surface area contributed by atoms with Gasteiger partial charge in [0.1, 0.15) is 5.60 Å². The number of rotatable bonds is 3. The molecule has 0 aromatic heterocycles. The van der Waals surface area contributed by atoms with E-state index in [1.807, 2.05) is 20.8 Å². The van der Waals surface area contributed by atoms with E-state index in [2.05, 4.69) is 11.2 Å².